The van der Waals surface area contributed by atoms with Gasteiger partial charge in [-0.1, -0.05) is 30.3 Å². The minimum absolute atomic E-state index is 0.290. The first-order valence-corrected chi connectivity index (χ1v) is 5.59. The van der Waals surface area contributed by atoms with E-state index >= 15 is 0 Å². The molecule has 1 N–H and O–H groups in total. The van der Waals surface area contributed by atoms with E-state index < -0.39 is 6.10 Å². The summed E-state index contributed by atoms with van der Waals surface area (Å²) in [6.07, 6.45) is -0.699. The van der Waals surface area contributed by atoms with E-state index in [1.165, 1.54) is 12.1 Å². The predicted octanol–water partition coefficient (Wildman–Crippen LogP) is 3.52. The molecule has 2 heteroatoms. The average molecular weight is 230 g/mol. The first-order valence-electron chi connectivity index (χ1n) is 5.59. The molecule has 2 aromatic carbocycles. The number of aliphatic hydroxyl groups excluding tert-OH is 1. The standard InChI is InChI=1S/C15H15FO/c1-10-4-3-5-14(11(10)2)15(17)12-6-8-13(16)9-7-12/h3-9,15,17H,1-2H3. The fourth-order valence-corrected chi connectivity index (χ4v) is 1.89. The number of benzene rings is 2. The Bertz CT molecular complexity index is 517. The summed E-state index contributed by atoms with van der Waals surface area (Å²) in [5, 5.41) is 10.3. The van der Waals surface area contributed by atoms with Gasteiger partial charge in [0.15, 0.2) is 0 Å². The fraction of sp³-hybridized carbons (Fsp3) is 0.200. The Morgan fingerprint density at radius 3 is 2.29 bits per heavy atom. The van der Waals surface area contributed by atoms with Crippen molar-refractivity contribution in [1.29, 1.82) is 0 Å². The Kier molecular flexibility index (Phi) is 3.25. The van der Waals surface area contributed by atoms with Gasteiger partial charge >= 0.3 is 0 Å². The first kappa shape index (κ1) is 11.8. The van der Waals surface area contributed by atoms with Crippen LogP contribution in [-0.4, -0.2) is 5.11 Å². The Labute approximate surface area is 101 Å². The van der Waals surface area contributed by atoms with Gasteiger partial charge in [-0.2, -0.15) is 0 Å². The largest absolute Gasteiger partial charge is 0.384 e. The van der Waals surface area contributed by atoms with Crippen molar-refractivity contribution in [3.63, 3.8) is 0 Å². The minimum Gasteiger partial charge on any atom is -0.384 e. The second-order valence-electron chi connectivity index (χ2n) is 4.24. The molecule has 2 rings (SSSR count). The van der Waals surface area contributed by atoms with Crippen molar-refractivity contribution in [3.8, 4) is 0 Å². The second-order valence-corrected chi connectivity index (χ2v) is 4.24. The summed E-state index contributed by atoms with van der Waals surface area (Å²) in [4.78, 5) is 0. The molecule has 0 fully saturated rings. The fourth-order valence-electron chi connectivity index (χ4n) is 1.89. The maximum absolute atomic E-state index is 12.8. The van der Waals surface area contributed by atoms with Gasteiger partial charge in [0.05, 0.1) is 0 Å². The van der Waals surface area contributed by atoms with E-state index in [0.717, 1.165) is 16.7 Å². The highest BCUT2D eigenvalue weighted by atomic mass is 19.1. The number of halogens is 1. The molecule has 1 atom stereocenters. The van der Waals surface area contributed by atoms with Gasteiger partial charge in [-0.25, -0.2) is 4.39 Å². The summed E-state index contributed by atoms with van der Waals surface area (Å²) < 4.78 is 12.8. The highest BCUT2D eigenvalue weighted by Crippen LogP contribution is 2.26. The molecule has 88 valence electrons. The molecule has 0 aliphatic rings. The molecule has 0 aromatic heterocycles. The van der Waals surface area contributed by atoms with Crippen molar-refractivity contribution in [1.82, 2.24) is 0 Å². The number of rotatable bonds is 2. The Hall–Kier alpha value is -1.67. The van der Waals surface area contributed by atoms with Crippen LogP contribution in [0, 0.1) is 19.7 Å². The lowest BCUT2D eigenvalue weighted by atomic mass is 9.95. The van der Waals surface area contributed by atoms with Crippen LogP contribution in [0.1, 0.15) is 28.4 Å². The molecule has 0 aliphatic heterocycles. The average Bonchev–Trinajstić information content (AvgIpc) is 2.33. The van der Waals surface area contributed by atoms with E-state index in [4.69, 9.17) is 0 Å². The van der Waals surface area contributed by atoms with Gasteiger partial charge in [0.25, 0.3) is 0 Å². The van der Waals surface area contributed by atoms with Crippen LogP contribution in [0.3, 0.4) is 0 Å². The molecule has 0 saturated carbocycles. The van der Waals surface area contributed by atoms with E-state index in [-0.39, 0.29) is 5.82 Å². The van der Waals surface area contributed by atoms with E-state index in [0.29, 0.717) is 5.56 Å². The maximum atomic E-state index is 12.8. The lowest BCUT2D eigenvalue weighted by Crippen LogP contribution is -2.03. The van der Waals surface area contributed by atoms with Gasteiger partial charge in [0.2, 0.25) is 0 Å². The van der Waals surface area contributed by atoms with Gasteiger partial charge in [-0.05, 0) is 48.2 Å². The smallest absolute Gasteiger partial charge is 0.123 e. The van der Waals surface area contributed by atoms with Gasteiger partial charge < -0.3 is 5.11 Å². The molecule has 0 heterocycles. The third-order valence-electron chi connectivity index (χ3n) is 3.13. The van der Waals surface area contributed by atoms with Crippen LogP contribution in [0.2, 0.25) is 0 Å². The van der Waals surface area contributed by atoms with Crippen LogP contribution >= 0.6 is 0 Å². The molecule has 1 unspecified atom stereocenters. The highest BCUT2D eigenvalue weighted by molar-refractivity contribution is 5.39. The molecule has 0 aliphatic carbocycles. The number of hydrogen-bond donors (Lipinski definition) is 1. The summed E-state index contributed by atoms with van der Waals surface area (Å²) >= 11 is 0. The van der Waals surface area contributed by atoms with Crippen LogP contribution in [0.15, 0.2) is 42.5 Å². The quantitative estimate of drug-likeness (QED) is 0.836. The maximum Gasteiger partial charge on any atom is 0.123 e. The number of aliphatic hydroxyl groups is 1. The Morgan fingerprint density at radius 2 is 1.65 bits per heavy atom. The van der Waals surface area contributed by atoms with Crippen LogP contribution in [-0.2, 0) is 0 Å². The molecule has 0 spiro atoms. The predicted molar refractivity (Wildman–Crippen MR) is 66.4 cm³/mol. The van der Waals surface area contributed by atoms with Gasteiger partial charge in [0, 0.05) is 0 Å². The van der Waals surface area contributed by atoms with Crippen molar-refractivity contribution < 1.29 is 9.50 Å². The second kappa shape index (κ2) is 4.68. The Morgan fingerprint density at radius 1 is 1.00 bits per heavy atom. The SMILES string of the molecule is Cc1cccc(C(O)c2ccc(F)cc2)c1C. The van der Waals surface area contributed by atoms with Crippen molar-refractivity contribution in [2.24, 2.45) is 0 Å². The molecule has 2 aromatic rings. The lowest BCUT2D eigenvalue weighted by molar-refractivity contribution is 0.219. The van der Waals surface area contributed by atoms with Crippen LogP contribution in [0.5, 0.6) is 0 Å². The molecular weight excluding hydrogens is 215 g/mol. The molecule has 1 nitrogen and oxygen atoms in total. The summed E-state index contributed by atoms with van der Waals surface area (Å²) in [7, 11) is 0. The van der Waals surface area contributed by atoms with Gasteiger partial charge in [-0.15, -0.1) is 0 Å². The monoisotopic (exact) mass is 230 g/mol. The molecule has 0 amide bonds. The molecule has 0 saturated heterocycles. The molecule has 0 bridgehead atoms. The number of hydrogen-bond acceptors (Lipinski definition) is 1. The third-order valence-corrected chi connectivity index (χ3v) is 3.13. The van der Waals surface area contributed by atoms with E-state index in [9.17, 15) is 9.50 Å². The number of aryl methyl sites for hydroxylation is 1. The minimum atomic E-state index is -0.699. The van der Waals surface area contributed by atoms with E-state index in [1.807, 2.05) is 32.0 Å². The summed E-state index contributed by atoms with van der Waals surface area (Å²) in [6.45, 7) is 3.99. The summed E-state index contributed by atoms with van der Waals surface area (Å²) in [5.74, 6) is -0.290. The van der Waals surface area contributed by atoms with Crippen molar-refractivity contribution in [3.05, 3.63) is 70.5 Å². The van der Waals surface area contributed by atoms with Crippen LogP contribution < -0.4 is 0 Å². The highest BCUT2D eigenvalue weighted by Gasteiger charge is 2.13. The van der Waals surface area contributed by atoms with Gasteiger partial charge in [0.1, 0.15) is 11.9 Å². The van der Waals surface area contributed by atoms with Crippen molar-refractivity contribution in [2.75, 3.05) is 0 Å². The van der Waals surface area contributed by atoms with Crippen LogP contribution in [0.4, 0.5) is 4.39 Å². The molecular formula is C15H15FO. The van der Waals surface area contributed by atoms with E-state index in [1.54, 1.807) is 12.1 Å². The zero-order valence-electron chi connectivity index (χ0n) is 9.94. The van der Waals surface area contributed by atoms with E-state index in [2.05, 4.69) is 0 Å². The zero-order valence-corrected chi connectivity index (χ0v) is 9.94. The summed E-state index contributed by atoms with van der Waals surface area (Å²) in [5.41, 5.74) is 3.80. The van der Waals surface area contributed by atoms with Crippen molar-refractivity contribution >= 4 is 0 Å². The van der Waals surface area contributed by atoms with Crippen molar-refractivity contribution in [2.45, 2.75) is 20.0 Å². The van der Waals surface area contributed by atoms with Crippen LogP contribution in [0.25, 0.3) is 0 Å². The normalized spacial score (nSPS) is 12.5. The Balaban J connectivity index is 2.40. The third kappa shape index (κ3) is 2.37. The van der Waals surface area contributed by atoms with Gasteiger partial charge in [-0.3, -0.25) is 0 Å². The zero-order chi connectivity index (χ0) is 12.4. The topological polar surface area (TPSA) is 20.2 Å². The summed E-state index contributed by atoms with van der Waals surface area (Å²) in [6, 6.07) is 11.8. The lowest BCUT2D eigenvalue weighted by Gasteiger charge is -2.15. The molecule has 17 heavy (non-hydrogen) atoms. The first-order chi connectivity index (χ1) is 8.09. The molecule has 0 radical (unpaired) electrons.